The summed E-state index contributed by atoms with van der Waals surface area (Å²) in [6, 6.07) is 6.50. The van der Waals surface area contributed by atoms with Crippen molar-refractivity contribution < 1.29 is 16.8 Å². The first-order valence-corrected chi connectivity index (χ1v) is 8.99. The number of nitrogen functional groups attached to an aromatic ring is 1. The molecule has 0 saturated carbocycles. The van der Waals surface area contributed by atoms with E-state index in [1.54, 1.807) is 24.3 Å². The van der Waals surface area contributed by atoms with E-state index in [-0.39, 0.29) is 18.8 Å². The minimum absolute atomic E-state index is 0.00434. The van der Waals surface area contributed by atoms with Gasteiger partial charge in [0.05, 0.1) is 12.0 Å². The fourth-order valence-electron chi connectivity index (χ4n) is 1.33. The van der Waals surface area contributed by atoms with Gasteiger partial charge in [-0.15, -0.1) is 0 Å². The van der Waals surface area contributed by atoms with Crippen LogP contribution in [0.5, 0.6) is 0 Å². The molecule has 19 heavy (non-hydrogen) atoms. The van der Waals surface area contributed by atoms with Gasteiger partial charge in [-0.05, 0) is 17.7 Å². The molecule has 1 aromatic carbocycles. The van der Waals surface area contributed by atoms with Gasteiger partial charge in [-0.2, -0.15) is 0 Å². The van der Waals surface area contributed by atoms with Crippen molar-refractivity contribution in [2.24, 2.45) is 0 Å². The number of nitrogens with one attached hydrogen (secondary N) is 2. The van der Waals surface area contributed by atoms with Gasteiger partial charge in [0.15, 0.2) is 0 Å². The van der Waals surface area contributed by atoms with Crippen molar-refractivity contribution in [1.29, 1.82) is 0 Å². The average molecular weight is 307 g/mol. The van der Waals surface area contributed by atoms with Crippen molar-refractivity contribution >= 4 is 25.7 Å². The van der Waals surface area contributed by atoms with Crippen LogP contribution in [0.2, 0.25) is 0 Å². The molecule has 0 radical (unpaired) electrons. The highest BCUT2D eigenvalue weighted by Crippen LogP contribution is 2.08. The second kappa shape index (κ2) is 6.33. The minimum Gasteiger partial charge on any atom is -0.399 e. The van der Waals surface area contributed by atoms with Crippen molar-refractivity contribution in [2.75, 3.05) is 25.1 Å². The lowest BCUT2D eigenvalue weighted by Gasteiger charge is -2.07. The van der Waals surface area contributed by atoms with E-state index in [1.165, 1.54) is 0 Å². The van der Waals surface area contributed by atoms with Gasteiger partial charge in [-0.3, -0.25) is 0 Å². The summed E-state index contributed by atoms with van der Waals surface area (Å²) in [6.07, 6.45) is 1.01. The van der Waals surface area contributed by atoms with Crippen LogP contribution in [0.15, 0.2) is 24.3 Å². The molecule has 9 heteroatoms. The maximum Gasteiger partial charge on any atom is 0.215 e. The molecular formula is C10H17N3O4S2. The molecule has 0 aliphatic heterocycles. The SMILES string of the molecule is CS(=O)(=O)NCCNS(=O)(=O)Cc1ccc(N)cc1. The monoisotopic (exact) mass is 307 g/mol. The van der Waals surface area contributed by atoms with Crippen molar-refractivity contribution in [3.8, 4) is 0 Å². The molecule has 0 aliphatic rings. The Morgan fingerprint density at radius 3 is 2.05 bits per heavy atom. The molecule has 0 saturated heterocycles. The van der Waals surface area contributed by atoms with E-state index in [2.05, 4.69) is 9.44 Å². The molecule has 4 N–H and O–H groups in total. The first-order chi connectivity index (χ1) is 8.68. The van der Waals surface area contributed by atoms with Crippen molar-refractivity contribution in [3.05, 3.63) is 29.8 Å². The third kappa shape index (κ3) is 7.11. The smallest absolute Gasteiger partial charge is 0.215 e. The number of hydrogen-bond donors (Lipinski definition) is 3. The van der Waals surface area contributed by atoms with Crippen LogP contribution in [-0.4, -0.2) is 36.2 Å². The highest BCUT2D eigenvalue weighted by atomic mass is 32.2. The third-order valence-corrected chi connectivity index (χ3v) is 4.23. The third-order valence-electron chi connectivity index (χ3n) is 2.15. The van der Waals surface area contributed by atoms with Gasteiger partial charge < -0.3 is 5.73 Å². The van der Waals surface area contributed by atoms with E-state index in [0.29, 0.717) is 11.3 Å². The molecule has 1 rings (SSSR count). The number of anilines is 1. The second-order valence-electron chi connectivity index (χ2n) is 4.06. The molecule has 0 aromatic heterocycles. The number of hydrogen-bond acceptors (Lipinski definition) is 5. The molecule has 0 heterocycles. The summed E-state index contributed by atoms with van der Waals surface area (Å²) < 4.78 is 49.4. The minimum atomic E-state index is -3.49. The predicted octanol–water partition coefficient (Wildman–Crippen LogP) is -0.763. The quantitative estimate of drug-likeness (QED) is 0.452. The summed E-state index contributed by atoms with van der Waals surface area (Å²) in [5.41, 5.74) is 6.67. The fourth-order valence-corrected chi connectivity index (χ4v) is 2.95. The van der Waals surface area contributed by atoms with Crippen LogP contribution >= 0.6 is 0 Å². The van der Waals surface area contributed by atoms with Gasteiger partial charge in [0, 0.05) is 18.8 Å². The number of sulfonamides is 2. The van der Waals surface area contributed by atoms with Gasteiger partial charge in [-0.1, -0.05) is 12.1 Å². The Hall–Kier alpha value is -1.16. The van der Waals surface area contributed by atoms with Gasteiger partial charge in [0.1, 0.15) is 0 Å². The molecule has 0 fully saturated rings. The van der Waals surface area contributed by atoms with Crippen molar-refractivity contribution in [3.63, 3.8) is 0 Å². The van der Waals surface area contributed by atoms with Crippen LogP contribution in [0, 0.1) is 0 Å². The van der Waals surface area contributed by atoms with E-state index in [9.17, 15) is 16.8 Å². The Morgan fingerprint density at radius 1 is 1.00 bits per heavy atom. The summed E-state index contributed by atoms with van der Waals surface area (Å²) in [7, 11) is -6.80. The van der Waals surface area contributed by atoms with Crippen molar-refractivity contribution in [2.45, 2.75) is 5.75 Å². The Morgan fingerprint density at radius 2 is 1.53 bits per heavy atom. The first-order valence-electron chi connectivity index (χ1n) is 5.44. The summed E-state index contributed by atoms with van der Waals surface area (Å²) in [6.45, 7) is 0.0180. The van der Waals surface area contributed by atoms with Crippen LogP contribution < -0.4 is 15.2 Å². The fraction of sp³-hybridized carbons (Fsp3) is 0.400. The van der Waals surface area contributed by atoms with E-state index >= 15 is 0 Å². The Bertz CT molecular complexity index is 609. The molecule has 0 amide bonds. The zero-order valence-corrected chi connectivity index (χ0v) is 12.1. The Balaban J connectivity index is 2.46. The standard InChI is InChI=1S/C10H17N3O4S2/c1-18(14,15)12-6-7-13-19(16,17)8-9-2-4-10(11)5-3-9/h2-5,12-13H,6-8,11H2,1H3. The Kier molecular flexibility index (Phi) is 5.29. The van der Waals surface area contributed by atoms with E-state index in [1.807, 2.05) is 0 Å². The van der Waals surface area contributed by atoms with E-state index in [0.717, 1.165) is 6.26 Å². The van der Waals surface area contributed by atoms with Gasteiger partial charge in [-0.25, -0.2) is 26.3 Å². The number of rotatable bonds is 7. The maximum atomic E-state index is 11.7. The van der Waals surface area contributed by atoms with Crippen LogP contribution in [0.1, 0.15) is 5.56 Å². The van der Waals surface area contributed by atoms with Crippen LogP contribution in [0.3, 0.4) is 0 Å². The Labute approximate surface area is 113 Å². The normalized spacial score (nSPS) is 12.5. The zero-order valence-electron chi connectivity index (χ0n) is 10.5. The molecule has 0 bridgehead atoms. The molecule has 108 valence electrons. The van der Waals surface area contributed by atoms with E-state index in [4.69, 9.17) is 5.73 Å². The number of nitrogens with two attached hydrogens (primary N) is 1. The number of benzene rings is 1. The summed E-state index contributed by atoms with van der Waals surface area (Å²) in [5.74, 6) is -0.174. The highest BCUT2D eigenvalue weighted by Gasteiger charge is 2.11. The molecule has 0 aliphatic carbocycles. The lowest BCUT2D eigenvalue weighted by Crippen LogP contribution is -2.34. The average Bonchev–Trinajstić information content (AvgIpc) is 2.26. The highest BCUT2D eigenvalue weighted by molar-refractivity contribution is 7.89. The van der Waals surface area contributed by atoms with Gasteiger partial charge in [0.2, 0.25) is 20.0 Å². The van der Waals surface area contributed by atoms with Crippen LogP contribution in [0.4, 0.5) is 5.69 Å². The lowest BCUT2D eigenvalue weighted by atomic mass is 10.2. The largest absolute Gasteiger partial charge is 0.399 e. The van der Waals surface area contributed by atoms with Crippen LogP contribution in [0.25, 0.3) is 0 Å². The van der Waals surface area contributed by atoms with Gasteiger partial charge >= 0.3 is 0 Å². The molecule has 0 unspecified atom stereocenters. The molecular weight excluding hydrogens is 290 g/mol. The van der Waals surface area contributed by atoms with E-state index < -0.39 is 20.0 Å². The lowest BCUT2D eigenvalue weighted by molar-refractivity contribution is 0.572. The molecule has 1 aromatic rings. The summed E-state index contributed by atoms with van der Waals surface area (Å²) in [5, 5.41) is 0. The predicted molar refractivity (Wildman–Crippen MR) is 74.3 cm³/mol. The molecule has 0 spiro atoms. The zero-order chi connectivity index (χ0) is 14.5. The first kappa shape index (κ1) is 15.9. The van der Waals surface area contributed by atoms with Crippen molar-refractivity contribution in [1.82, 2.24) is 9.44 Å². The molecule has 0 atom stereocenters. The molecule has 7 nitrogen and oxygen atoms in total. The van der Waals surface area contributed by atoms with Crippen LogP contribution in [-0.2, 0) is 25.8 Å². The van der Waals surface area contributed by atoms with Gasteiger partial charge in [0.25, 0.3) is 0 Å². The topological polar surface area (TPSA) is 118 Å². The summed E-state index contributed by atoms with van der Waals surface area (Å²) >= 11 is 0. The maximum absolute atomic E-state index is 11.7. The second-order valence-corrected chi connectivity index (χ2v) is 7.70. The summed E-state index contributed by atoms with van der Waals surface area (Å²) in [4.78, 5) is 0.